The topological polar surface area (TPSA) is 68.6 Å². The largest absolute Gasteiger partial charge is 0.444 e. The number of carbonyl (C=O) groups is 1. The summed E-state index contributed by atoms with van der Waals surface area (Å²) in [6.45, 7) is 10.7. The van der Waals surface area contributed by atoms with Crippen molar-refractivity contribution >= 4 is 6.09 Å². The SMILES string of the molecule is Cc1nn(C)cc1CNCC1COCCN1C(=O)OC(C)(C)C. The van der Waals surface area contributed by atoms with Crippen LogP contribution in [0.15, 0.2) is 6.20 Å². The lowest BCUT2D eigenvalue weighted by Crippen LogP contribution is -2.54. The molecular weight excluding hydrogens is 296 g/mol. The van der Waals surface area contributed by atoms with E-state index < -0.39 is 5.60 Å². The molecule has 130 valence electrons. The van der Waals surface area contributed by atoms with Gasteiger partial charge in [-0.1, -0.05) is 0 Å². The van der Waals surface area contributed by atoms with Gasteiger partial charge in [-0.05, 0) is 27.7 Å². The van der Waals surface area contributed by atoms with E-state index in [2.05, 4.69) is 10.4 Å². The van der Waals surface area contributed by atoms with Crippen molar-refractivity contribution in [2.24, 2.45) is 7.05 Å². The van der Waals surface area contributed by atoms with Crippen LogP contribution in [-0.2, 0) is 23.1 Å². The summed E-state index contributed by atoms with van der Waals surface area (Å²) in [5, 5.41) is 7.72. The van der Waals surface area contributed by atoms with E-state index in [9.17, 15) is 4.79 Å². The summed E-state index contributed by atoms with van der Waals surface area (Å²) in [6.07, 6.45) is 1.73. The van der Waals surface area contributed by atoms with Crippen molar-refractivity contribution in [3.63, 3.8) is 0 Å². The van der Waals surface area contributed by atoms with Crippen LogP contribution in [0.5, 0.6) is 0 Å². The summed E-state index contributed by atoms with van der Waals surface area (Å²) < 4.78 is 12.8. The van der Waals surface area contributed by atoms with Crippen LogP contribution < -0.4 is 5.32 Å². The number of hydrogen-bond acceptors (Lipinski definition) is 5. The zero-order valence-electron chi connectivity index (χ0n) is 14.8. The Kier molecular flexibility index (Phi) is 5.64. The number of hydrogen-bond donors (Lipinski definition) is 1. The highest BCUT2D eigenvalue weighted by Gasteiger charge is 2.30. The van der Waals surface area contributed by atoms with Crippen molar-refractivity contribution in [1.29, 1.82) is 0 Å². The van der Waals surface area contributed by atoms with Crippen LogP contribution in [0.25, 0.3) is 0 Å². The molecule has 1 fully saturated rings. The average Bonchev–Trinajstić information content (AvgIpc) is 2.75. The van der Waals surface area contributed by atoms with Crippen molar-refractivity contribution in [2.75, 3.05) is 26.3 Å². The van der Waals surface area contributed by atoms with E-state index >= 15 is 0 Å². The standard InChI is InChI=1S/C16H28N4O3/c1-12-13(10-19(5)18-12)8-17-9-14-11-22-7-6-20(14)15(21)23-16(2,3)4/h10,14,17H,6-9,11H2,1-5H3. The maximum Gasteiger partial charge on any atom is 0.410 e. The summed E-state index contributed by atoms with van der Waals surface area (Å²) in [5.74, 6) is 0. The predicted molar refractivity (Wildman–Crippen MR) is 87.2 cm³/mol. The number of nitrogens with zero attached hydrogens (tertiary/aromatic N) is 3. The Bertz CT molecular complexity index is 536. The van der Waals surface area contributed by atoms with Gasteiger partial charge in [0.05, 0.1) is 24.9 Å². The van der Waals surface area contributed by atoms with Crippen LogP contribution in [0.2, 0.25) is 0 Å². The Morgan fingerprint density at radius 3 is 2.87 bits per heavy atom. The minimum absolute atomic E-state index is 0.0180. The maximum atomic E-state index is 12.3. The van der Waals surface area contributed by atoms with Gasteiger partial charge in [-0.15, -0.1) is 0 Å². The van der Waals surface area contributed by atoms with Crippen LogP contribution in [-0.4, -0.2) is 58.7 Å². The smallest absolute Gasteiger partial charge is 0.410 e. The lowest BCUT2D eigenvalue weighted by Gasteiger charge is -2.36. The molecule has 0 radical (unpaired) electrons. The number of ether oxygens (including phenoxy) is 2. The maximum absolute atomic E-state index is 12.3. The molecule has 1 aromatic heterocycles. The second-order valence-corrected chi connectivity index (χ2v) is 6.95. The van der Waals surface area contributed by atoms with Crippen molar-refractivity contribution in [1.82, 2.24) is 20.0 Å². The normalized spacial score (nSPS) is 19.0. The van der Waals surface area contributed by atoms with Gasteiger partial charge >= 0.3 is 6.09 Å². The van der Waals surface area contributed by atoms with E-state index in [-0.39, 0.29) is 12.1 Å². The van der Waals surface area contributed by atoms with Crippen LogP contribution in [0.1, 0.15) is 32.0 Å². The van der Waals surface area contributed by atoms with Gasteiger partial charge in [0.15, 0.2) is 0 Å². The molecule has 0 spiro atoms. The molecule has 1 amide bonds. The van der Waals surface area contributed by atoms with E-state index in [1.165, 1.54) is 0 Å². The molecule has 0 aromatic carbocycles. The van der Waals surface area contributed by atoms with Crippen LogP contribution >= 0.6 is 0 Å². The summed E-state index contributed by atoms with van der Waals surface area (Å²) in [6, 6.07) is -0.0180. The first-order valence-electron chi connectivity index (χ1n) is 8.03. The molecule has 1 aliphatic heterocycles. The number of aromatic nitrogens is 2. The molecule has 7 nitrogen and oxygen atoms in total. The zero-order chi connectivity index (χ0) is 17.0. The van der Waals surface area contributed by atoms with E-state index in [4.69, 9.17) is 9.47 Å². The third-order valence-electron chi connectivity index (χ3n) is 3.67. The number of aryl methyl sites for hydroxylation is 2. The summed E-state index contributed by atoms with van der Waals surface area (Å²) in [4.78, 5) is 14.1. The van der Waals surface area contributed by atoms with Crippen LogP contribution in [0.4, 0.5) is 4.79 Å². The van der Waals surface area contributed by atoms with Gasteiger partial charge in [-0.3, -0.25) is 9.58 Å². The van der Waals surface area contributed by atoms with Gasteiger partial charge in [-0.2, -0.15) is 5.10 Å². The van der Waals surface area contributed by atoms with Gasteiger partial charge in [0, 0.05) is 38.4 Å². The Labute approximate surface area is 137 Å². The average molecular weight is 324 g/mol. The molecule has 1 N–H and O–H groups in total. The third kappa shape index (κ3) is 5.21. The van der Waals surface area contributed by atoms with Gasteiger partial charge in [0.25, 0.3) is 0 Å². The predicted octanol–water partition coefficient (Wildman–Crippen LogP) is 1.45. The first-order valence-corrected chi connectivity index (χ1v) is 8.03. The molecule has 23 heavy (non-hydrogen) atoms. The molecule has 7 heteroatoms. The fourth-order valence-electron chi connectivity index (χ4n) is 2.58. The second-order valence-electron chi connectivity index (χ2n) is 6.95. The Morgan fingerprint density at radius 2 is 2.26 bits per heavy atom. The Morgan fingerprint density at radius 1 is 1.52 bits per heavy atom. The molecule has 0 bridgehead atoms. The quantitative estimate of drug-likeness (QED) is 0.908. The molecule has 1 aromatic rings. The molecule has 1 saturated heterocycles. The number of amides is 1. The molecule has 2 heterocycles. The van der Waals surface area contributed by atoms with Crippen molar-refractivity contribution in [3.8, 4) is 0 Å². The fraction of sp³-hybridized carbons (Fsp3) is 0.750. The van der Waals surface area contributed by atoms with Crippen molar-refractivity contribution in [3.05, 3.63) is 17.5 Å². The summed E-state index contributed by atoms with van der Waals surface area (Å²) in [7, 11) is 1.91. The highest BCUT2D eigenvalue weighted by molar-refractivity contribution is 5.68. The second kappa shape index (κ2) is 7.31. The molecule has 0 saturated carbocycles. The number of morpholine rings is 1. The molecule has 1 aliphatic rings. The molecular formula is C16H28N4O3. The first kappa shape index (κ1) is 17.7. The monoisotopic (exact) mass is 324 g/mol. The fourth-order valence-corrected chi connectivity index (χ4v) is 2.58. The van der Waals surface area contributed by atoms with Crippen molar-refractivity contribution < 1.29 is 14.3 Å². The van der Waals surface area contributed by atoms with E-state index in [0.29, 0.717) is 26.3 Å². The van der Waals surface area contributed by atoms with Gasteiger partial charge in [-0.25, -0.2) is 4.79 Å². The van der Waals surface area contributed by atoms with Crippen molar-refractivity contribution in [2.45, 2.75) is 45.9 Å². The number of rotatable bonds is 4. The minimum atomic E-state index is -0.486. The molecule has 2 rings (SSSR count). The number of nitrogens with one attached hydrogen (secondary N) is 1. The highest BCUT2D eigenvalue weighted by atomic mass is 16.6. The lowest BCUT2D eigenvalue weighted by molar-refractivity contribution is -0.0317. The van der Waals surface area contributed by atoms with Crippen LogP contribution in [0.3, 0.4) is 0 Å². The van der Waals surface area contributed by atoms with E-state index in [1.807, 2.05) is 45.6 Å². The van der Waals surface area contributed by atoms with Gasteiger partial charge < -0.3 is 14.8 Å². The third-order valence-corrected chi connectivity index (χ3v) is 3.67. The highest BCUT2D eigenvalue weighted by Crippen LogP contribution is 2.14. The lowest BCUT2D eigenvalue weighted by atomic mass is 10.2. The molecule has 1 unspecified atom stereocenters. The Balaban J connectivity index is 1.88. The zero-order valence-corrected chi connectivity index (χ0v) is 14.8. The number of carbonyl (C=O) groups excluding carboxylic acids is 1. The summed E-state index contributed by atoms with van der Waals surface area (Å²) in [5.41, 5.74) is 1.69. The van der Waals surface area contributed by atoms with Gasteiger partial charge in [0.2, 0.25) is 0 Å². The van der Waals surface area contributed by atoms with Gasteiger partial charge in [0.1, 0.15) is 5.60 Å². The molecule has 1 atom stereocenters. The first-order chi connectivity index (χ1) is 10.8. The van der Waals surface area contributed by atoms with E-state index in [0.717, 1.165) is 17.8 Å². The minimum Gasteiger partial charge on any atom is -0.444 e. The Hall–Kier alpha value is -1.60. The summed E-state index contributed by atoms with van der Waals surface area (Å²) >= 11 is 0. The van der Waals surface area contributed by atoms with E-state index in [1.54, 1.807) is 4.90 Å². The van der Waals surface area contributed by atoms with Crippen LogP contribution in [0, 0.1) is 6.92 Å². The molecule has 0 aliphatic carbocycles.